The Hall–Kier alpha value is -1.93. The first-order valence-electron chi connectivity index (χ1n) is 5.03. The van der Waals surface area contributed by atoms with Gasteiger partial charge in [0.05, 0.1) is 17.8 Å². The van der Waals surface area contributed by atoms with Crippen molar-refractivity contribution in [1.29, 1.82) is 0 Å². The van der Waals surface area contributed by atoms with E-state index in [0.29, 0.717) is 11.4 Å². The smallest absolute Gasteiger partial charge is 0.296 e. The minimum atomic E-state index is -4.36. The second-order valence-corrected chi connectivity index (χ2v) is 5.30. The Morgan fingerprint density at radius 2 is 2.11 bits per heavy atom. The fourth-order valence-electron chi connectivity index (χ4n) is 1.66. The Labute approximate surface area is 104 Å². The molecule has 8 heteroatoms. The number of amides is 1. The summed E-state index contributed by atoms with van der Waals surface area (Å²) in [6.45, 7) is 1.72. The highest BCUT2D eigenvalue weighted by atomic mass is 32.2. The Balaban J connectivity index is 2.45. The molecular weight excluding hydrogens is 258 g/mol. The third-order valence-corrected chi connectivity index (χ3v) is 3.36. The van der Waals surface area contributed by atoms with Crippen molar-refractivity contribution < 1.29 is 17.8 Å². The molecule has 0 bridgehead atoms. The molecule has 3 N–H and O–H groups in total. The first-order chi connectivity index (χ1) is 8.29. The minimum absolute atomic E-state index is 0.137. The van der Waals surface area contributed by atoms with Crippen LogP contribution in [0.3, 0.4) is 0 Å². The molecule has 1 heterocycles. The van der Waals surface area contributed by atoms with Crippen LogP contribution in [0.5, 0.6) is 0 Å². The molecule has 0 saturated heterocycles. The molecule has 1 aromatic rings. The number of carbonyl (C=O) groups is 1. The lowest BCUT2D eigenvalue weighted by atomic mass is 10.2. The molecule has 1 amide bonds. The van der Waals surface area contributed by atoms with Crippen LogP contribution in [-0.2, 0) is 14.9 Å². The summed E-state index contributed by atoms with van der Waals surface area (Å²) in [5, 5.41) is 5.16. The van der Waals surface area contributed by atoms with Gasteiger partial charge in [0.15, 0.2) is 0 Å². The zero-order valence-electron chi connectivity index (χ0n) is 9.49. The molecule has 0 unspecified atom stereocenters. The average molecular weight is 269 g/mol. The summed E-state index contributed by atoms with van der Waals surface area (Å²) < 4.78 is 30.8. The summed E-state index contributed by atoms with van der Waals surface area (Å²) in [5.74, 6) is -0.216. The summed E-state index contributed by atoms with van der Waals surface area (Å²) in [6, 6.07) is 3.78. The van der Waals surface area contributed by atoms with E-state index in [1.165, 1.54) is 12.1 Å². The SMILES string of the molecule is CC1=NN(c2ccc(S(=O)(=O)O)c(N)c2)C(=O)C1. The van der Waals surface area contributed by atoms with Crippen LogP contribution in [0.25, 0.3) is 0 Å². The maximum Gasteiger partial charge on any atom is 0.296 e. The fourth-order valence-corrected chi connectivity index (χ4v) is 2.26. The molecule has 7 nitrogen and oxygen atoms in total. The third-order valence-electron chi connectivity index (χ3n) is 2.43. The largest absolute Gasteiger partial charge is 0.398 e. The van der Waals surface area contributed by atoms with E-state index in [1.54, 1.807) is 6.92 Å². The van der Waals surface area contributed by atoms with E-state index in [1.807, 2.05) is 0 Å². The third kappa shape index (κ3) is 2.20. The molecule has 1 aliphatic rings. The van der Waals surface area contributed by atoms with Gasteiger partial charge in [-0.3, -0.25) is 9.35 Å². The van der Waals surface area contributed by atoms with Crippen molar-refractivity contribution in [1.82, 2.24) is 0 Å². The lowest BCUT2D eigenvalue weighted by molar-refractivity contribution is -0.116. The number of nitrogen functional groups attached to an aromatic ring is 1. The normalized spacial score (nSPS) is 16.0. The molecular formula is C10H11N3O4S. The number of nitrogens with two attached hydrogens (primary N) is 1. The lowest BCUT2D eigenvalue weighted by Crippen LogP contribution is -2.19. The van der Waals surface area contributed by atoms with Gasteiger partial charge in [-0.25, -0.2) is 5.01 Å². The van der Waals surface area contributed by atoms with Crippen molar-refractivity contribution in [2.45, 2.75) is 18.2 Å². The van der Waals surface area contributed by atoms with Gasteiger partial charge in [-0.1, -0.05) is 0 Å². The number of nitrogens with zero attached hydrogens (tertiary/aromatic N) is 2. The maximum atomic E-state index is 11.6. The number of rotatable bonds is 2. The van der Waals surface area contributed by atoms with E-state index < -0.39 is 15.0 Å². The van der Waals surface area contributed by atoms with Gasteiger partial charge in [-0.15, -0.1) is 0 Å². The highest BCUT2D eigenvalue weighted by Gasteiger charge is 2.24. The van der Waals surface area contributed by atoms with E-state index in [0.717, 1.165) is 11.1 Å². The summed E-state index contributed by atoms with van der Waals surface area (Å²) in [6.07, 6.45) is 0.222. The molecule has 0 fully saturated rings. The van der Waals surface area contributed by atoms with E-state index in [9.17, 15) is 13.2 Å². The van der Waals surface area contributed by atoms with Crippen molar-refractivity contribution in [3.05, 3.63) is 18.2 Å². The standard InChI is InChI=1S/C10H11N3O4S/c1-6-4-10(14)13(12-6)7-2-3-9(8(11)5-7)18(15,16)17/h2-3,5H,4,11H2,1H3,(H,15,16,17). The molecule has 18 heavy (non-hydrogen) atoms. The minimum Gasteiger partial charge on any atom is -0.398 e. The average Bonchev–Trinajstić information content (AvgIpc) is 2.55. The maximum absolute atomic E-state index is 11.6. The molecule has 0 spiro atoms. The molecule has 1 aromatic carbocycles. The van der Waals surface area contributed by atoms with E-state index >= 15 is 0 Å². The molecule has 1 aliphatic heterocycles. The van der Waals surface area contributed by atoms with Crippen molar-refractivity contribution in [2.75, 3.05) is 10.7 Å². The lowest BCUT2D eigenvalue weighted by Gasteiger charge is -2.13. The zero-order valence-corrected chi connectivity index (χ0v) is 10.3. The Morgan fingerprint density at radius 1 is 1.44 bits per heavy atom. The second kappa shape index (κ2) is 4.07. The van der Waals surface area contributed by atoms with Crippen molar-refractivity contribution in [2.24, 2.45) is 5.10 Å². The van der Waals surface area contributed by atoms with E-state index in [4.69, 9.17) is 10.3 Å². The number of anilines is 2. The summed E-state index contributed by atoms with van der Waals surface area (Å²) in [7, 11) is -4.36. The van der Waals surface area contributed by atoms with Crippen LogP contribution >= 0.6 is 0 Å². The first kappa shape index (κ1) is 12.5. The topological polar surface area (TPSA) is 113 Å². The van der Waals surface area contributed by atoms with Gasteiger partial charge in [-0.2, -0.15) is 13.5 Å². The summed E-state index contributed by atoms with van der Waals surface area (Å²) in [5.41, 5.74) is 6.42. The number of hydrogen-bond acceptors (Lipinski definition) is 5. The monoisotopic (exact) mass is 269 g/mol. The van der Waals surface area contributed by atoms with Gasteiger partial charge in [0, 0.05) is 5.71 Å². The number of carbonyl (C=O) groups excluding carboxylic acids is 1. The number of benzene rings is 1. The van der Waals surface area contributed by atoms with Gasteiger partial charge in [0.25, 0.3) is 16.0 Å². The molecule has 0 saturated carbocycles. The molecule has 0 aromatic heterocycles. The Kier molecular flexibility index (Phi) is 2.83. The van der Waals surface area contributed by atoms with Crippen LogP contribution in [0.1, 0.15) is 13.3 Å². The Morgan fingerprint density at radius 3 is 2.56 bits per heavy atom. The van der Waals surface area contributed by atoms with E-state index in [2.05, 4.69) is 5.10 Å². The first-order valence-corrected chi connectivity index (χ1v) is 6.47. The molecule has 96 valence electrons. The van der Waals surface area contributed by atoms with Gasteiger partial charge in [0.1, 0.15) is 4.90 Å². The van der Waals surface area contributed by atoms with Gasteiger partial charge in [-0.05, 0) is 25.1 Å². The fraction of sp³-hybridized carbons (Fsp3) is 0.200. The van der Waals surface area contributed by atoms with Gasteiger partial charge in [0.2, 0.25) is 0 Å². The predicted octanol–water partition coefficient (Wildman–Crippen LogP) is 0.628. The highest BCUT2D eigenvalue weighted by Crippen LogP contribution is 2.27. The quantitative estimate of drug-likeness (QED) is 0.603. The predicted molar refractivity (Wildman–Crippen MR) is 65.9 cm³/mol. The summed E-state index contributed by atoms with van der Waals surface area (Å²) in [4.78, 5) is 11.2. The van der Waals surface area contributed by atoms with Crippen molar-refractivity contribution in [3.8, 4) is 0 Å². The molecule has 0 atom stereocenters. The number of hydrogen-bond donors (Lipinski definition) is 2. The molecule has 0 aliphatic carbocycles. The molecule has 2 rings (SSSR count). The van der Waals surface area contributed by atoms with Crippen LogP contribution in [0.4, 0.5) is 11.4 Å². The van der Waals surface area contributed by atoms with Crippen molar-refractivity contribution >= 4 is 33.1 Å². The summed E-state index contributed by atoms with van der Waals surface area (Å²) >= 11 is 0. The van der Waals surface area contributed by atoms with Crippen LogP contribution < -0.4 is 10.7 Å². The number of hydrazone groups is 1. The van der Waals surface area contributed by atoms with Crippen LogP contribution in [0, 0.1) is 0 Å². The van der Waals surface area contributed by atoms with E-state index in [-0.39, 0.29) is 18.0 Å². The zero-order chi connectivity index (χ0) is 13.5. The van der Waals surface area contributed by atoms with Gasteiger partial charge >= 0.3 is 0 Å². The van der Waals surface area contributed by atoms with Gasteiger partial charge < -0.3 is 5.73 Å². The Bertz CT molecular complexity index is 651. The van der Waals surface area contributed by atoms with Crippen LogP contribution in [-0.4, -0.2) is 24.6 Å². The second-order valence-electron chi connectivity index (χ2n) is 3.91. The van der Waals surface area contributed by atoms with Crippen LogP contribution in [0.2, 0.25) is 0 Å². The highest BCUT2D eigenvalue weighted by molar-refractivity contribution is 7.86. The molecule has 0 radical (unpaired) electrons. The van der Waals surface area contributed by atoms with Crippen molar-refractivity contribution in [3.63, 3.8) is 0 Å². The van der Waals surface area contributed by atoms with Crippen LogP contribution in [0.15, 0.2) is 28.2 Å².